The molecule has 2 rings (SSSR count). The van der Waals surface area contributed by atoms with Crippen LogP contribution in [0, 0.1) is 0 Å². The van der Waals surface area contributed by atoms with Gasteiger partial charge in [0, 0.05) is 11.8 Å². The minimum Gasteiger partial charge on any atom is -0.495 e. The van der Waals surface area contributed by atoms with Crippen molar-refractivity contribution in [2.75, 3.05) is 13.7 Å². The first kappa shape index (κ1) is 12.1. The molecule has 0 atom stereocenters. The number of aromatic nitrogens is 1. The van der Waals surface area contributed by atoms with E-state index >= 15 is 0 Å². The molecule has 4 heteroatoms. The number of benzene rings is 1. The van der Waals surface area contributed by atoms with Gasteiger partial charge in [0.05, 0.1) is 13.3 Å². The third kappa shape index (κ3) is 3.07. The largest absolute Gasteiger partial charge is 0.495 e. The fourth-order valence-corrected chi connectivity index (χ4v) is 1.43. The molecule has 0 fully saturated rings. The predicted octanol–water partition coefficient (Wildman–Crippen LogP) is 2.35. The Hall–Kier alpha value is -2.36. The molecule has 18 heavy (non-hydrogen) atoms. The number of pyridine rings is 1. The van der Waals surface area contributed by atoms with Gasteiger partial charge in [-0.25, -0.2) is 0 Å². The SMILES string of the molecule is COc1cncc(C(=O)COc2ccccc2)c1. The highest BCUT2D eigenvalue weighted by atomic mass is 16.5. The first-order chi connectivity index (χ1) is 8.79. The molecule has 0 radical (unpaired) electrons. The lowest BCUT2D eigenvalue weighted by molar-refractivity contribution is 0.0921. The molecular formula is C14H13NO3. The Labute approximate surface area is 105 Å². The number of carbonyl (C=O) groups is 1. The van der Waals surface area contributed by atoms with Gasteiger partial charge in [-0.2, -0.15) is 0 Å². The van der Waals surface area contributed by atoms with E-state index in [4.69, 9.17) is 9.47 Å². The highest BCUT2D eigenvalue weighted by molar-refractivity contribution is 5.97. The number of nitrogens with zero attached hydrogens (tertiary/aromatic N) is 1. The van der Waals surface area contributed by atoms with Crippen LogP contribution in [0.5, 0.6) is 11.5 Å². The van der Waals surface area contributed by atoms with Crippen LogP contribution in [0.4, 0.5) is 0 Å². The van der Waals surface area contributed by atoms with Crippen molar-refractivity contribution in [1.82, 2.24) is 4.98 Å². The van der Waals surface area contributed by atoms with Crippen molar-refractivity contribution in [1.29, 1.82) is 0 Å². The van der Waals surface area contributed by atoms with Crippen molar-refractivity contribution in [3.05, 3.63) is 54.4 Å². The number of rotatable bonds is 5. The summed E-state index contributed by atoms with van der Waals surface area (Å²) in [5, 5.41) is 0. The molecule has 2 aromatic rings. The zero-order chi connectivity index (χ0) is 12.8. The second kappa shape index (κ2) is 5.82. The Balaban J connectivity index is 1.99. The standard InChI is InChI=1S/C14H13NO3/c1-17-13-7-11(8-15-9-13)14(16)10-18-12-5-3-2-4-6-12/h2-9H,10H2,1H3. The summed E-state index contributed by atoms with van der Waals surface area (Å²) in [4.78, 5) is 15.8. The lowest BCUT2D eigenvalue weighted by atomic mass is 10.2. The number of ketones is 1. The fourth-order valence-electron chi connectivity index (χ4n) is 1.43. The van der Waals surface area contributed by atoms with Crippen LogP contribution < -0.4 is 9.47 Å². The van der Waals surface area contributed by atoms with E-state index in [9.17, 15) is 4.79 Å². The molecule has 0 bridgehead atoms. The normalized spacial score (nSPS) is 9.83. The number of para-hydroxylation sites is 1. The number of hydrogen-bond acceptors (Lipinski definition) is 4. The zero-order valence-corrected chi connectivity index (χ0v) is 10.00. The maximum absolute atomic E-state index is 11.9. The minimum atomic E-state index is -0.134. The summed E-state index contributed by atoms with van der Waals surface area (Å²) < 4.78 is 10.4. The molecule has 4 nitrogen and oxygen atoms in total. The Bertz CT molecular complexity index is 526. The Morgan fingerprint density at radius 3 is 2.67 bits per heavy atom. The highest BCUT2D eigenvalue weighted by Crippen LogP contribution is 2.12. The summed E-state index contributed by atoms with van der Waals surface area (Å²) in [6, 6.07) is 10.8. The number of ether oxygens (including phenoxy) is 2. The lowest BCUT2D eigenvalue weighted by Gasteiger charge is -2.06. The summed E-state index contributed by atoms with van der Waals surface area (Å²) in [5.74, 6) is 1.09. The number of hydrogen-bond donors (Lipinski definition) is 0. The van der Waals surface area contributed by atoms with Crippen LogP contribution in [0.25, 0.3) is 0 Å². The van der Waals surface area contributed by atoms with Gasteiger partial charge in [-0.1, -0.05) is 18.2 Å². The zero-order valence-electron chi connectivity index (χ0n) is 10.00. The second-order valence-electron chi connectivity index (χ2n) is 3.64. The van der Waals surface area contributed by atoms with Crippen LogP contribution in [0.3, 0.4) is 0 Å². The Morgan fingerprint density at radius 2 is 1.94 bits per heavy atom. The molecule has 0 unspecified atom stereocenters. The van der Waals surface area contributed by atoms with Crippen molar-refractivity contribution in [3.63, 3.8) is 0 Å². The third-order valence-corrected chi connectivity index (χ3v) is 2.38. The maximum atomic E-state index is 11.9. The van der Waals surface area contributed by atoms with Crippen molar-refractivity contribution >= 4 is 5.78 Å². The van der Waals surface area contributed by atoms with Crippen molar-refractivity contribution < 1.29 is 14.3 Å². The average Bonchev–Trinajstić information content (AvgIpc) is 2.46. The molecular weight excluding hydrogens is 230 g/mol. The van der Waals surface area contributed by atoms with Gasteiger partial charge in [0.1, 0.15) is 11.5 Å². The van der Waals surface area contributed by atoms with Crippen molar-refractivity contribution in [3.8, 4) is 11.5 Å². The van der Waals surface area contributed by atoms with Crippen LogP contribution in [-0.4, -0.2) is 24.5 Å². The van der Waals surface area contributed by atoms with Crippen LogP contribution in [0.15, 0.2) is 48.8 Å². The molecule has 0 spiro atoms. The van der Waals surface area contributed by atoms with E-state index in [1.165, 1.54) is 13.3 Å². The van der Waals surface area contributed by atoms with E-state index in [2.05, 4.69) is 4.98 Å². The molecule has 0 N–H and O–H groups in total. The monoisotopic (exact) mass is 243 g/mol. The van der Waals surface area contributed by atoms with E-state index in [0.29, 0.717) is 17.1 Å². The van der Waals surface area contributed by atoms with Gasteiger partial charge >= 0.3 is 0 Å². The van der Waals surface area contributed by atoms with Gasteiger partial charge in [0.25, 0.3) is 0 Å². The van der Waals surface area contributed by atoms with E-state index in [0.717, 1.165) is 0 Å². The molecule has 0 amide bonds. The van der Waals surface area contributed by atoms with Crippen LogP contribution in [0.1, 0.15) is 10.4 Å². The summed E-state index contributed by atoms with van der Waals surface area (Å²) >= 11 is 0. The van der Waals surface area contributed by atoms with E-state index < -0.39 is 0 Å². The third-order valence-electron chi connectivity index (χ3n) is 2.38. The quantitative estimate of drug-likeness (QED) is 0.756. The molecule has 92 valence electrons. The molecule has 0 aliphatic heterocycles. The Kier molecular flexibility index (Phi) is 3.91. The molecule has 0 saturated carbocycles. The first-order valence-electron chi connectivity index (χ1n) is 5.49. The van der Waals surface area contributed by atoms with Crippen LogP contribution in [-0.2, 0) is 0 Å². The Morgan fingerprint density at radius 1 is 1.17 bits per heavy atom. The molecule has 1 aromatic carbocycles. The van der Waals surface area contributed by atoms with Gasteiger partial charge in [0.15, 0.2) is 6.61 Å². The molecule has 1 heterocycles. The fraction of sp³-hybridized carbons (Fsp3) is 0.143. The van der Waals surface area contributed by atoms with Gasteiger partial charge in [-0.05, 0) is 18.2 Å². The summed E-state index contributed by atoms with van der Waals surface area (Å²) in [6.07, 6.45) is 3.05. The van der Waals surface area contributed by atoms with Gasteiger partial charge in [0.2, 0.25) is 5.78 Å². The van der Waals surface area contributed by atoms with E-state index in [1.54, 1.807) is 24.4 Å². The summed E-state index contributed by atoms with van der Waals surface area (Å²) in [7, 11) is 1.53. The second-order valence-corrected chi connectivity index (χ2v) is 3.64. The highest BCUT2D eigenvalue weighted by Gasteiger charge is 2.08. The minimum absolute atomic E-state index is 0.0150. The topological polar surface area (TPSA) is 48.4 Å². The van der Waals surface area contributed by atoms with Crippen LogP contribution in [0.2, 0.25) is 0 Å². The number of Topliss-reactive ketones (excluding diaryl/α,β-unsaturated/α-hetero) is 1. The number of carbonyl (C=O) groups excluding carboxylic acids is 1. The predicted molar refractivity (Wildman–Crippen MR) is 67.1 cm³/mol. The molecule has 1 aromatic heterocycles. The smallest absolute Gasteiger partial charge is 0.201 e. The van der Waals surface area contributed by atoms with E-state index in [1.807, 2.05) is 18.2 Å². The lowest BCUT2D eigenvalue weighted by Crippen LogP contribution is -2.11. The van der Waals surface area contributed by atoms with Crippen LogP contribution >= 0.6 is 0 Å². The summed E-state index contributed by atoms with van der Waals surface area (Å²) in [6.45, 7) is -0.0150. The van der Waals surface area contributed by atoms with Crippen molar-refractivity contribution in [2.24, 2.45) is 0 Å². The van der Waals surface area contributed by atoms with Gasteiger partial charge in [-0.3, -0.25) is 9.78 Å². The molecule has 0 aliphatic rings. The van der Waals surface area contributed by atoms with Crippen molar-refractivity contribution in [2.45, 2.75) is 0 Å². The molecule has 0 saturated heterocycles. The maximum Gasteiger partial charge on any atom is 0.201 e. The van der Waals surface area contributed by atoms with Gasteiger partial charge in [-0.15, -0.1) is 0 Å². The first-order valence-corrected chi connectivity index (χ1v) is 5.49. The number of methoxy groups -OCH3 is 1. The average molecular weight is 243 g/mol. The van der Waals surface area contributed by atoms with Gasteiger partial charge < -0.3 is 9.47 Å². The summed E-state index contributed by atoms with van der Waals surface area (Å²) in [5.41, 5.74) is 0.477. The van der Waals surface area contributed by atoms with E-state index in [-0.39, 0.29) is 12.4 Å². The molecule has 0 aliphatic carbocycles.